The van der Waals surface area contributed by atoms with Gasteiger partial charge in [0.2, 0.25) is 0 Å². The highest BCUT2D eigenvalue weighted by atomic mass is 19.1. The number of benzene rings is 4. The number of hydrogen-bond acceptors (Lipinski definition) is 3. The maximum atomic E-state index is 13.1. The van der Waals surface area contributed by atoms with E-state index in [0.717, 1.165) is 16.7 Å². The molecule has 5 heteroatoms. The highest BCUT2D eigenvalue weighted by molar-refractivity contribution is 5.42. The normalized spacial score (nSPS) is 10.6. The van der Waals surface area contributed by atoms with Crippen molar-refractivity contribution in [2.24, 2.45) is 0 Å². The third-order valence-electron chi connectivity index (χ3n) is 4.74. The van der Waals surface area contributed by atoms with E-state index in [4.69, 9.17) is 14.2 Å². The molecule has 162 valence electrons. The first-order valence-electron chi connectivity index (χ1n) is 10.2. The van der Waals surface area contributed by atoms with Crippen molar-refractivity contribution < 1.29 is 23.0 Å². The molecular weight excluding hydrogens is 410 g/mol. The van der Waals surface area contributed by atoms with Gasteiger partial charge >= 0.3 is 0 Å². The van der Waals surface area contributed by atoms with Crippen molar-refractivity contribution >= 4 is 0 Å². The fraction of sp³-hybridized carbons (Fsp3) is 0.111. The minimum atomic E-state index is -0.290. The van der Waals surface area contributed by atoms with Crippen LogP contribution in [-0.4, -0.2) is 0 Å². The molecule has 0 unspecified atom stereocenters. The Hall–Kier alpha value is -3.86. The van der Waals surface area contributed by atoms with E-state index in [9.17, 15) is 8.78 Å². The molecule has 0 bridgehead atoms. The smallest absolute Gasteiger partial charge is 0.127 e. The van der Waals surface area contributed by atoms with Gasteiger partial charge in [-0.2, -0.15) is 0 Å². The fourth-order valence-electron chi connectivity index (χ4n) is 3.03. The largest absolute Gasteiger partial charge is 0.489 e. The molecule has 0 N–H and O–H groups in total. The van der Waals surface area contributed by atoms with Crippen molar-refractivity contribution in [1.82, 2.24) is 0 Å². The van der Waals surface area contributed by atoms with Crippen LogP contribution >= 0.6 is 0 Å². The Morgan fingerprint density at radius 3 is 1.16 bits per heavy atom. The molecule has 0 fully saturated rings. The van der Waals surface area contributed by atoms with Crippen LogP contribution in [0.2, 0.25) is 0 Å². The Morgan fingerprint density at radius 1 is 0.438 bits per heavy atom. The van der Waals surface area contributed by atoms with Gasteiger partial charge in [0.15, 0.2) is 0 Å². The number of halogens is 2. The summed E-state index contributed by atoms with van der Waals surface area (Å²) < 4.78 is 44.0. The number of rotatable bonds is 9. The molecule has 0 amide bonds. The maximum absolute atomic E-state index is 13.1. The predicted octanol–water partition coefficient (Wildman–Crippen LogP) is 6.70. The highest BCUT2D eigenvalue weighted by Gasteiger charge is 2.07. The minimum absolute atomic E-state index is 0.278. The summed E-state index contributed by atoms with van der Waals surface area (Å²) in [5, 5.41) is 0. The Kier molecular flexibility index (Phi) is 6.98. The van der Waals surface area contributed by atoms with Gasteiger partial charge in [0.25, 0.3) is 0 Å². The molecule has 0 aromatic heterocycles. The quantitative estimate of drug-likeness (QED) is 0.294. The van der Waals surface area contributed by atoms with Gasteiger partial charge in [0.05, 0.1) is 0 Å². The molecule has 0 radical (unpaired) electrons. The maximum Gasteiger partial charge on any atom is 0.127 e. The average Bonchev–Trinajstić information content (AvgIpc) is 2.83. The van der Waals surface area contributed by atoms with Gasteiger partial charge < -0.3 is 14.2 Å². The van der Waals surface area contributed by atoms with Crippen molar-refractivity contribution in [2.75, 3.05) is 0 Å². The van der Waals surface area contributed by atoms with Gasteiger partial charge in [-0.1, -0.05) is 54.6 Å². The SMILES string of the molecule is Fc1ccc(COc2cc(OCc3ccccc3)cc(OCc3ccc(F)cc3)c2)cc1. The third-order valence-corrected chi connectivity index (χ3v) is 4.74. The van der Waals surface area contributed by atoms with Gasteiger partial charge in [-0.15, -0.1) is 0 Å². The van der Waals surface area contributed by atoms with Gasteiger partial charge in [-0.3, -0.25) is 0 Å². The first-order chi connectivity index (χ1) is 15.6. The summed E-state index contributed by atoms with van der Waals surface area (Å²) in [7, 11) is 0. The zero-order valence-electron chi connectivity index (χ0n) is 17.3. The lowest BCUT2D eigenvalue weighted by Gasteiger charge is -2.14. The van der Waals surface area contributed by atoms with E-state index < -0.39 is 0 Å². The second-order valence-corrected chi connectivity index (χ2v) is 7.24. The second-order valence-electron chi connectivity index (χ2n) is 7.24. The topological polar surface area (TPSA) is 27.7 Å². The molecule has 0 aliphatic carbocycles. The van der Waals surface area contributed by atoms with Crippen LogP contribution in [0.15, 0.2) is 97.1 Å². The van der Waals surface area contributed by atoms with Crippen molar-refractivity contribution in [1.29, 1.82) is 0 Å². The van der Waals surface area contributed by atoms with Crippen LogP contribution in [0.4, 0.5) is 8.78 Å². The van der Waals surface area contributed by atoms with Crippen molar-refractivity contribution in [3.05, 3.63) is 125 Å². The van der Waals surface area contributed by atoms with E-state index >= 15 is 0 Å². The molecule has 3 nitrogen and oxygen atoms in total. The molecule has 0 aliphatic rings. The summed E-state index contributed by atoms with van der Waals surface area (Å²) in [6.07, 6.45) is 0. The van der Waals surface area contributed by atoms with E-state index in [1.54, 1.807) is 42.5 Å². The summed E-state index contributed by atoms with van der Waals surface area (Å²) in [5.74, 6) is 1.14. The van der Waals surface area contributed by atoms with E-state index in [1.807, 2.05) is 30.3 Å². The van der Waals surface area contributed by atoms with Crippen molar-refractivity contribution in [2.45, 2.75) is 19.8 Å². The van der Waals surface area contributed by atoms with Crippen LogP contribution < -0.4 is 14.2 Å². The monoisotopic (exact) mass is 432 g/mol. The predicted molar refractivity (Wildman–Crippen MR) is 119 cm³/mol. The van der Waals surface area contributed by atoms with E-state index in [2.05, 4.69) is 0 Å². The minimum Gasteiger partial charge on any atom is -0.489 e. The number of ether oxygens (including phenoxy) is 3. The second kappa shape index (κ2) is 10.4. The zero-order chi connectivity index (χ0) is 22.2. The average molecular weight is 432 g/mol. The van der Waals surface area contributed by atoms with Crippen molar-refractivity contribution in [3.8, 4) is 17.2 Å². The summed E-state index contributed by atoms with van der Waals surface area (Å²) in [4.78, 5) is 0. The van der Waals surface area contributed by atoms with Crippen LogP contribution in [0, 0.1) is 11.6 Å². The standard InChI is InChI=1S/C27H22F2O3/c28-23-10-6-21(7-11-23)18-31-26-14-25(30-17-20-4-2-1-3-5-20)15-27(16-26)32-19-22-8-12-24(29)13-9-22/h1-16H,17-19H2. The highest BCUT2D eigenvalue weighted by Crippen LogP contribution is 2.30. The third kappa shape index (κ3) is 6.32. The molecular formula is C27H22F2O3. The van der Waals surface area contributed by atoms with Crippen LogP contribution in [0.1, 0.15) is 16.7 Å². The molecule has 0 heterocycles. The van der Waals surface area contributed by atoms with Gasteiger partial charge in [0.1, 0.15) is 48.7 Å². The Balaban J connectivity index is 1.48. The number of hydrogen-bond donors (Lipinski definition) is 0. The van der Waals surface area contributed by atoms with Crippen LogP contribution in [0.25, 0.3) is 0 Å². The van der Waals surface area contributed by atoms with Gasteiger partial charge in [-0.25, -0.2) is 8.78 Å². The Labute approximate surface area is 185 Å². The Morgan fingerprint density at radius 2 is 0.781 bits per heavy atom. The van der Waals surface area contributed by atoms with Crippen LogP contribution in [0.3, 0.4) is 0 Å². The molecule has 0 atom stereocenters. The first-order valence-corrected chi connectivity index (χ1v) is 10.2. The first kappa shape index (κ1) is 21.4. The summed E-state index contributed by atoms with van der Waals surface area (Å²) >= 11 is 0. The summed E-state index contributed by atoms with van der Waals surface area (Å²) in [6.45, 7) is 0.958. The van der Waals surface area contributed by atoms with E-state index in [1.165, 1.54) is 24.3 Å². The van der Waals surface area contributed by atoms with Crippen LogP contribution in [-0.2, 0) is 19.8 Å². The van der Waals surface area contributed by atoms with E-state index in [0.29, 0.717) is 23.9 Å². The lowest BCUT2D eigenvalue weighted by atomic mass is 10.2. The summed E-state index contributed by atoms with van der Waals surface area (Å²) in [6, 6.07) is 27.5. The molecule has 0 spiro atoms. The molecule has 4 aromatic carbocycles. The lowest BCUT2D eigenvalue weighted by Crippen LogP contribution is -2.00. The molecule has 0 saturated carbocycles. The fourth-order valence-corrected chi connectivity index (χ4v) is 3.03. The lowest BCUT2D eigenvalue weighted by molar-refractivity contribution is 0.274. The molecule has 4 aromatic rings. The Bertz CT molecular complexity index is 1060. The van der Waals surface area contributed by atoms with E-state index in [-0.39, 0.29) is 24.8 Å². The van der Waals surface area contributed by atoms with Crippen LogP contribution in [0.5, 0.6) is 17.2 Å². The summed E-state index contributed by atoms with van der Waals surface area (Å²) in [5.41, 5.74) is 2.73. The van der Waals surface area contributed by atoms with Gasteiger partial charge in [-0.05, 0) is 41.0 Å². The molecule has 0 saturated heterocycles. The molecule has 0 aliphatic heterocycles. The molecule has 4 rings (SSSR count). The van der Waals surface area contributed by atoms with Crippen molar-refractivity contribution in [3.63, 3.8) is 0 Å². The van der Waals surface area contributed by atoms with Gasteiger partial charge in [0, 0.05) is 18.2 Å². The zero-order valence-corrected chi connectivity index (χ0v) is 17.3. The molecule has 32 heavy (non-hydrogen) atoms.